The molecule has 1 N–H and O–H groups in total. The number of nitrogens with zero attached hydrogens (tertiary/aromatic N) is 2. The topological polar surface area (TPSA) is 79.2 Å². The highest BCUT2D eigenvalue weighted by molar-refractivity contribution is 6.35. The van der Waals surface area contributed by atoms with Crippen molar-refractivity contribution in [2.75, 3.05) is 11.5 Å². The van der Waals surface area contributed by atoms with E-state index in [-0.39, 0.29) is 16.4 Å². The molecule has 0 saturated heterocycles. The molecule has 0 fully saturated rings. The number of fused-ring (bicyclic) bond motifs is 1. The molecule has 0 aromatic heterocycles. The van der Waals surface area contributed by atoms with Gasteiger partial charge in [0, 0.05) is 5.69 Å². The van der Waals surface area contributed by atoms with Crippen LogP contribution >= 0.6 is 0 Å². The van der Waals surface area contributed by atoms with Crippen LogP contribution in [0.5, 0.6) is 0 Å². The zero-order valence-electron chi connectivity index (χ0n) is 21.6. The molecule has 0 spiro atoms. The van der Waals surface area contributed by atoms with E-state index < -0.39 is 11.9 Å². The van der Waals surface area contributed by atoms with Gasteiger partial charge in [-0.3, -0.25) is 9.69 Å². The van der Waals surface area contributed by atoms with Crippen LogP contribution in [0.4, 0.5) is 11.4 Å². The van der Waals surface area contributed by atoms with E-state index in [1.807, 2.05) is 12.1 Å². The van der Waals surface area contributed by atoms with Gasteiger partial charge < -0.3 is 9.94 Å². The second-order valence-corrected chi connectivity index (χ2v) is 10.6. The summed E-state index contributed by atoms with van der Waals surface area (Å²) >= 11 is 0. The molecular formula is C29H38N2O4. The highest BCUT2D eigenvalue weighted by Gasteiger charge is 2.37. The van der Waals surface area contributed by atoms with E-state index in [2.05, 4.69) is 45.8 Å². The molecule has 6 heteroatoms. The number of para-hydroxylation sites is 1. The smallest absolute Gasteiger partial charge is 0.337 e. The number of benzene rings is 2. The van der Waals surface area contributed by atoms with Gasteiger partial charge in [0.1, 0.15) is 12.8 Å². The van der Waals surface area contributed by atoms with Crippen LogP contribution in [0.3, 0.4) is 0 Å². The summed E-state index contributed by atoms with van der Waals surface area (Å²) in [5.41, 5.74) is 3.38. The first-order valence-corrected chi connectivity index (χ1v) is 12.6. The van der Waals surface area contributed by atoms with E-state index in [1.165, 1.54) is 22.1 Å². The predicted octanol–water partition coefficient (Wildman–Crippen LogP) is 6.98. The molecule has 0 saturated carbocycles. The zero-order chi connectivity index (χ0) is 25.6. The molecule has 0 radical (unpaired) electrons. The van der Waals surface area contributed by atoms with E-state index >= 15 is 0 Å². The second kappa shape index (κ2) is 11.1. The number of carboxylic acids is 1. The first-order valence-electron chi connectivity index (χ1n) is 12.6. The molecule has 1 aliphatic carbocycles. The average molecular weight is 479 g/mol. The maximum atomic E-state index is 13.4. The number of carboxylic acid groups (broad SMARTS) is 1. The van der Waals surface area contributed by atoms with Gasteiger partial charge in [0.15, 0.2) is 0 Å². The Kier molecular flexibility index (Phi) is 8.36. The minimum absolute atomic E-state index is 0.0320. The fourth-order valence-electron chi connectivity index (χ4n) is 4.74. The van der Waals surface area contributed by atoms with Crippen LogP contribution in [0, 0.1) is 0 Å². The largest absolute Gasteiger partial charge is 0.478 e. The number of rotatable bonds is 10. The molecule has 0 aliphatic heterocycles. The van der Waals surface area contributed by atoms with Crippen LogP contribution in [-0.2, 0) is 20.5 Å². The minimum atomic E-state index is -1.10. The summed E-state index contributed by atoms with van der Waals surface area (Å²) in [7, 11) is 0. The zero-order valence-corrected chi connectivity index (χ0v) is 21.6. The quantitative estimate of drug-likeness (QED) is 0.227. The fraction of sp³-hybridized carbons (Fsp3) is 0.483. The number of anilines is 2. The van der Waals surface area contributed by atoms with Gasteiger partial charge in [-0.25, -0.2) is 4.79 Å². The van der Waals surface area contributed by atoms with Crippen LogP contribution in [-0.4, -0.2) is 29.8 Å². The summed E-state index contributed by atoms with van der Waals surface area (Å²) in [5, 5.41) is 13.7. The summed E-state index contributed by atoms with van der Waals surface area (Å²) in [5.74, 6) is -1.55. The first-order chi connectivity index (χ1) is 16.6. The summed E-state index contributed by atoms with van der Waals surface area (Å²) < 4.78 is 0. The summed E-state index contributed by atoms with van der Waals surface area (Å²) in [6.07, 6.45) is 7.45. The maximum Gasteiger partial charge on any atom is 0.337 e. The lowest BCUT2D eigenvalue weighted by Gasteiger charge is -2.42. The summed E-state index contributed by atoms with van der Waals surface area (Å²) in [6.45, 7) is 11.5. The Hall–Kier alpha value is -3.15. The number of unbranched alkanes of at least 4 members (excludes halogenated alkanes) is 3. The molecule has 3 rings (SSSR count). The van der Waals surface area contributed by atoms with Crippen molar-refractivity contribution < 1.29 is 19.5 Å². The Morgan fingerprint density at radius 3 is 2.37 bits per heavy atom. The molecule has 1 amide bonds. The Labute approximate surface area is 209 Å². The van der Waals surface area contributed by atoms with E-state index in [4.69, 9.17) is 4.84 Å². The second-order valence-electron chi connectivity index (χ2n) is 10.6. The monoisotopic (exact) mass is 478 g/mol. The van der Waals surface area contributed by atoms with Crippen LogP contribution in [0.15, 0.2) is 47.6 Å². The van der Waals surface area contributed by atoms with Gasteiger partial charge in [-0.2, -0.15) is 0 Å². The van der Waals surface area contributed by atoms with Crippen molar-refractivity contribution in [2.45, 2.75) is 84.0 Å². The van der Waals surface area contributed by atoms with Crippen LogP contribution in [0.25, 0.3) is 0 Å². The molecule has 0 heterocycles. The Morgan fingerprint density at radius 1 is 1.00 bits per heavy atom. The third kappa shape index (κ3) is 6.11. The van der Waals surface area contributed by atoms with Crippen LogP contribution in [0.1, 0.15) is 94.6 Å². The third-order valence-electron chi connectivity index (χ3n) is 7.02. The first kappa shape index (κ1) is 26.5. The normalized spacial score (nSPS) is 16.0. The molecule has 0 bridgehead atoms. The molecule has 188 valence electrons. The molecule has 6 nitrogen and oxygen atoms in total. The van der Waals surface area contributed by atoms with Crippen LogP contribution < -0.4 is 4.90 Å². The number of carbonyl (C=O) groups is 2. The number of amides is 1. The van der Waals surface area contributed by atoms with E-state index in [9.17, 15) is 14.7 Å². The van der Waals surface area contributed by atoms with Crippen molar-refractivity contribution in [1.29, 1.82) is 0 Å². The van der Waals surface area contributed by atoms with Crippen molar-refractivity contribution in [3.63, 3.8) is 0 Å². The van der Waals surface area contributed by atoms with Crippen molar-refractivity contribution in [1.82, 2.24) is 0 Å². The summed E-state index contributed by atoms with van der Waals surface area (Å²) in [6, 6.07) is 12.6. The molecule has 1 aliphatic rings. The minimum Gasteiger partial charge on any atom is -0.478 e. The van der Waals surface area contributed by atoms with E-state index in [1.54, 1.807) is 18.2 Å². The van der Waals surface area contributed by atoms with Gasteiger partial charge >= 0.3 is 5.97 Å². The molecule has 2 aromatic carbocycles. The van der Waals surface area contributed by atoms with E-state index in [0.717, 1.165) is 44.7 Å². The number of oxime groups is 1. The van der Waals surface area contributed by atoms with Gasteiger partial charge in [0.2, 0.25) is 0 Å². The third-order valence-corrected chi connectivity index (χ3v) is 7.02. The van der Waals surface area contributed by atoms with Crippen molar-refractivity contribution >= 4 is 29.5 Å². The highest BCUT2D eigenvalue weighted by Crippen LogP contribution is 2.47. The van der Waals surface area contributed by atoms with E-state index in [0.29, 0.717) is 18.0 Å². The van der Waals surface area contributed by atoms with Gasteiger partial charge in [0.25, 0.3) is 5.91 Å². The van der Waals surface area contributed by atoms with Crippen molar-refractivity contribution in [2.24, 2.45) is 5.16 Å². The van der Waals surface area contributed by atoms with Gasteiger partial charge in [-0.15, -0.1) is 0 Å². The highest BCUT2D eigenvalue weighted by atomic mass is 16.6. The average Bonchev–Trinajstić information content (AvgIpc) is 2.82. The molecule has 35 heavy (non-hydrogen) atoms. The fourth-order valence-corrected chi connectivity index (χ4v) is 4.74. The Bertz CT molecular complexity index is 1090. The number of hydrogen-bond acceptors (Lipinski definition) is 4. The molecular weight excluding hydrogens is 440 g/mol. The van der Waals surface area contributed by atoms with Crippen LogP contribution in [0.2, 0.25) is 0 Å². The number of aromatic carboxylic acids is 1. The number of carbonyl (C=O) groups excluding carboxylic acids is 1. The maximum absolute atomic E-state index is 13.4. The summed E-state index contributed by atoms with van der Waals surface area (Å²) in [4.78, 5) is 32.1. The van der Waals surface area contributed by atoms with Gasteiger partial charge in [-0.05, 0) is 71.9 Å². The molecule has 0 unspecified atom stereocenters. The van der Waals surface area contributed by atoms with Gasteiger partial charge in [-0.1, -0.05) is 70.8 Å². The Balaban J connectivity index is 2.01. The lowest BCUT2D eigenvalue weighted by atomic mass is 9.63. The van der Waals surface area contributed by atoms with Crippen molar-refractivity contribution in [3.8, 4) is 0 Å². The Morgan fingerprint density at radius 2 is 1.69 bits per heavy atom. The standard InChI is InChI=1S/C29H38N2O4/c1-6-7-8-11-18-35-30-20-26(32)31(25-13-10-9-12-22(25)27(33)34)21-14-15-23-24(19-21)29(4,5)17-16-28(23,2)3/h9-10,12-15,19-20H,6-8,11,16-18H2,1-5H3,(H,33,34). The lowest BCUT2D eigenvalue weighted by molar-refractivity contribution is -0.111. The predicted molar refractivity (Wildman–Crippen MR) is 141 cm³/mol. The molecule has 2 aromatic rings. The van der Waals surface area contributed by atoms with Gasteiger partial charge in [0.05, 0.1) is 11.3 Å². The van der Waals surface area contributed by atoms with Crippen molar-refractivity contribution in [3.05, 3.63) is 59.2 Å². The lowest BCUT2D eigenvalue weighted by Crippen LogP contribution is -2.35. The molecule has 0 atom stereocenters. The number of hydrogen-bond donors (Lipinski definition) is 1. The SMILES string of the molecule is CCCCCCON=CC(=O)N(c1ccc2c(c1)C(C)(C)CCC2(C)C)c1ccccc1C(=O)O.